The standard InChI is InChI=1S/C12H22O10/c1-3-5(14)7(16)9(18)12(20-3)22-10-8(17)6(15)4(2-13)21-11(10)19/h3-19H,2H2,1H3/t3-,4+,5-,6+,7+,8-,9-,10+,11+,12+/m1/s1. The van der Waals surface area contributed by atoms with Crippen molar-refractivity contribution < 1.29 is 50.0 Å². The van der Waals surface area contributed by atoms with Crippen molar-refractivity contribution in [2.45, 2.75) is 68.3 Å². The fourth-order valence-corrected chi connectivity index (χ4v) is 2.50. The van der Waals surface area contributed by atoms with E-state index in [0.717, 1.165) is 0 Å². The van der Waals surface area contributed by atoms with Crippen LogP contribution >= 0.6 is 0 Å². The van der Waals surface area contributed by atoms with Gasteiger partial charge in [0.15, 0.2) is 12.6 Å². The van der Waals surface area contributed by atoms with Gasteiger partial charge in [0.1, 0.15) is 42.7 Å². The Morgan fingerprint density at radius 3 is 2.05 bits per heavy atom. The van der Waals surface area contributed by atoms with Crippen molar-refractivity contribution in [3.8, 4) is 0 Å². The molecule has 0 aromatic rings. The minimum Gasteiger partial charge on any atom is -0.394 e. The predicted molar refractivity (Wildman–Crippen MR) is 67.2 cm³/mol. The molecule has 0 aromatic carbocycles. The Morgan fingerprint density at radius 2 is 1.45 bits per heavy atom. The SMILES string of the molecule is C[C@H]1O[C@@H](O[C@H]2[C@H](O)[C@@H](O)[C@H](CO)O[C@@H]2O)[C@H](O)[C@@H](O)[C@@H]1O. The molecule has 2 fully saturated rings. The molecule has 0 unspecified atom stereocenters. The lowest BCUT2D eigenvalue weighted by Gasteiger charge is -2.44. The predicted octanol–water partition coefficient (Wildman–Crippen LogP) is -4.37. The fourth-order valence-electron chi connectivity index (χ4n) is 2.50. The van der Waals surface area contributed by atoms with E-state index in [2.05, 4.69) is 0 Å². The summed E-state index contributed by atoms with van der Waals surface area (Å²) >= 11 is 0. The minimum absolute atomic E-state index is 0.619. The first-order chi connectivity index (χ1) is 10.3. The highest BCUT2D eigenvalue weighted by molar-refractivity contribution is 4.92. The molecular weight excluding hydrogens is 304 g/mol. The molecule has 0 saturated carbocycles. The van der Waals surface area contributed by atoms with E-state index in [1.165, 1.54) is 6.92 Å². The van der Waals surface area contributed by atoms with Crippen LogP contribution in [0.5, 0.6) is 0 Å². The largest absolute Gasteiger partial charge is 0.394 e. The summed E-state index contributed by atoms with van der Waals surface area (Å²) in [5.41, 5.74) is 0. The second kappa shape index (κ2) is 7.01. The highest BCUT2D eigenvalue weighted by Gasteiger charge is 2.49. The molecule has 0 aliphatic carbocycles. The van der Waals surface area contributed by atoms with Gasteiger partial charge in [-0.05, 0) is 6.92 Å². The second-order valence-electron chi connectivity index (χ2n) is 5.51. The second-order valence-corrected chi connectivity index (χ2v) is 5.51. The molecule has 10 nitrogen and oxygen atoms in total. The van der Waals surface area contributed by atoms with Gasteiger partial charge in [-0.1, -0.05) is 0 Å². The van der Waals surface area contributed by atoms with E-state index in [1.807, 2.05) is 0 Å². The fraction of sp³-hybridized carbons (Fsp3) is 1.00. The maximum absolute atomic E-state index is 9.93. The number of aliphatic hydroxyl groups is 7. The molecule has 2 aliphatic heterocycles. The number of hydrogen-bond acceptors (Lipinski definition) is 10. The third-order valence-electron chi connectivity index (χ3n) is 3.94. The Bertz CT molecular complexity index is 368. The van der Waals surface area contributed by atoms with E-state index in [9.17, 15) is 30.6 Å². The van der Waals surface area contributed by atoms with Gasteiger partial charge < -0.3 is 50.0 Å². The number of hydrogen-bond donors (Lipinski definition) is 7. The third kappa shape index (κ3) is 3.26. The average molecular weight is 326 g/mol. The first kappa shape index (κ1) is 17.9. The van der Waals surface area contributed by atoms with Crippen LogP contribution in [0.3, 0.4) is 0 Å². The van der Waals surface area contributed by atoms with Crippen LogP contribution < -0.4 is 0 Å². The molecule has 2 heterocycles. The highest BCUT2D eigenvalue weighted by atomic mass is 16.7. The first-order valence-electron chi connectivity index (χ1n) is 6.93. The zero-order chi connectivity index (χ0) is 16.6. The van der Waals surface area contributed by atoms with E-state index >= 15 is 0 Å². The Hall–Kier alpha value is -0.400. The molecule has 130 valence electrons. The smallest absolute Gasteiger partial charge is 0.187 e. The summed E-state index contributed by atoms with van der Waals surface area (Å²) in [4.78, 5) is 0. The summed E-state index contributed by atoms with van der Waals surface area (Å²) in [6, 6.07) is 0. The van der Waals surface area contributed by atoms with Crippen LogP contribution in [-0.4, -0.2) is 104 Å². The third-order valence-corrected chi connectivity index (χ3v) is 3.94. The van der Waals surface area contributed by atoms with Gasteiger partial charge in [-0.25, -0.2) is 0 Å². The molecule has 2 saturated heterocycles. The summed E-state index contributed by atoms with van der Waals surface area (Å²) in [6.07, 6.45) is -14.3. The zero-order valence-electron chi connectivity index (χ0n) is 11.8. The van der Waals surface area contributed by atoms with E-state index < -0.39 is 68.0 Å². The summed E-state index contributed by atoms with van der Waals surface area (Å²) in [5, 5.41) is 67.5. The quantitative estimate of drug-likeness (QED) is 0.269. The number of rotatable bonds is 3. The summed E-state index contributed by atoms with van der Waals surface area (Å²) < 4.78 is 15.3. The van der Waals surface area contributed by atoms with E-state index in [1.54, 1.807) is 0 Å². The van der Waals surface area contributed by atoms with Gasteiger partial charge in [0, 0.05) is 0 Å². The van der Waals surface area contributed by atoms with E-state index in [-0.39, 0.29) is 0 Å². The van der Waals surface area contributed by atoms with Crippen LogP contribution in [-0.2, 0) is 14.2 Å². The van der Waals surface area contributed by atoms with Crippen molar-refractivity contribution in [3.05, 3.63) is 0 Å². The lowest BCUT2D eigenvalue weighted by Crippen LogP contribution is -2.63. The van der Waals surface area contributed by atoms with Crippen molar-refractivity contribution in [2.24, 2.45) is 0 Å². The van der Waals surface area contributed by atoms with Gasteiger partial charge in [-0.2, -0.15) is 0 Å². The molecule has 0 amide bonds. The molecule has 10 atom stereocenters. The van der Waals surface area contributed by atoms with Gasteiger partial charge in [-0.3, -0.25) is 0 Å². The van der Waals surface area contributed by atoms with Crippen LogP contribution in [0, 0.1) is 0 Å². The molecule has 0 aromatic heterocycles. The van der Waals surface area contributed by atoms with Crippen molar-refractivity contribution in [1.29, 1.82) is 0 Å². The maximum Gasteiger partial charge on any atom is 0.187 e. The first-order valence-corrected chi connectivity index (χ1v) is 6.93. The summed E-state index contributed by atoms with van der Waals surface area (Å²) in [6.45, 7) is 0.823. The van der Waals surface area contributed by atoms with Crippen LogP contribution in [0.15, 0.2) is 0 Å². The maximum atomic E-state index is 9.93. The molecule has 22 heavy (non-hydrogen) atoms. The van der Waals surface area contributed by atoms with Crippen molar-refractivity contribution in [2.75, 3.05) is 6.61 Å². The van der Waals surface area contributed by atoms with Crippen LogP contribution in [0.4, 0.5) is 0 Å². The van der Waals surface area contributed by atoms with Crippen molar-refractivity contribution in [3.63, 3.8) is 0 Å². The Balaban J connectivity index is 2.06. The van der Waals surface area contributed by atoms with Crippen molar-refractivity contribution >= 4 is 0 Å². The molecule has 7 N–H and O–H groups in total. The van der Waals surface area contributed by atoms with Crippen LogP contribution in [0.1, 0.15) is 6.92 Å². The molecule has 10 heteroatoms. The Morgan fingerprint density at radius 1 is 0.818 bits per heavy atom. The topological polar surface area (TPSA) is 169 Å². The number of ether oxygens (including phenoxy) is 3. The van der Waals surface area contributed by atoms with Crippen molar-refractivity contribution in [1.82, 2.24) is 0 Å². The molecule has 2 rings (SSSR count). The molecule has 2 aliphatic rings. The molecular formula is C12H22O10. The Labute approximate surface area is 126 Å². The molecule has 0 spiro atoms. The van der Waals surface area contributed by atoms with E-state index in [0.29, 0.717) is 0 Å². The summed E-state index contributed by atoms with van der Waals surface area (Å²) in [5.74, 6) is 0. The van der Waals surface area contributed by atoms with Crippen LogP contribution in [0.25, 0.3) is 0 Å². The minimum atomic E-state index is -1.69. The molecule has 0 radical (unpaired) electrons. The van der Waals surface area contributed by atoms with Gasteiger partial charge >= 0.3 is 0 Å². The van der Waals surface area contributed by atoms with Crippen LogP contribution in [0.2, 0.25) is 0 Å². The van der Waals surface area contributed by atoms with Gasteiger partial charge in [-0.15, -0.1) is 0 Å². The highest BCUT2D eigenvalue weighted by Crippen LogP contribution is 2.28. The monoisotopic (exact) mass is 326 g/mol. The van der Waals surface area contributed by atoms with Gasteiger partial charge in [0.05, 0.1) is 12.7 Å². The zero-order valence-corrected chi connectivity index (χ0v) is 11.8. The normalized spacial score (nSPS) is 53.5. The van der Waals surface area contributed by atoms with Gasteiger partial charge in [0.2, 0.25) is 0 Å². The number of aliphatic hydroxyl groups excluding tert-OH is 7. The van der Waals surface area contributed by atoms with Gasteiger partial charge in [0.25, 0.3) is 0 Å². The lowest BCUT2D eigenvalue weighted by molar-refractivity contribution is -0.358. The lowest BCUT2D eigenvalue weighted by atomic mass is 9.97. The molecule has 0 bridgehead atoms. The summed E-state index contributed by atoms with van der Waals surface area (Å²) in [7, 11) is 0. The average Bonchev–Trinajstić information content (AvgIpc) is 2.49. The Kier molecular flexibility index (Phi) is 5.72. The van der Waals surface area contributed by atoms with E-state index in [4.69, 9.17) is 19.3 Å².